The Bertz CT molecular complexity index is 431. The number of ether oxygens (including phenoxy) is 1. The molecular weight excluding hydrogens is 240 g/mol. The summed E-state index contributed by atoms with van der Waals surface area (Å²) in [6.07, 6.45) is 9.03. The Morgan fingerprint density at radius 1 is 1.53 bits per heavy atom. The van der Waals surface area contributed by atoms with Gasteiger partial charge in [-0.25, -0.2) is 0 Å². The van der Waals surface area contributed by atoms with Crippen molar-refractivity contribution in [3.63, 3.8) is 0 Å². The van der Waals surface area contributed by atoms with E-state index in [2.05, 4.69) is 12.0 Å². The Hall–Kier alpha value is -1.16. The summed E-state index contributed by atoms with van der Waals surface area (Å²) in [7, 11) is 3.57. The fraction of sp³-hybridized carbons (Fsp3) is 0.733. The van der Waals surface area contributed by atoms with Gasteiger partial charge in [0.1, 0.15) is 5.60 Å². The van der Waals surface area contributed by atoms with Crippen LogP contribution < -0.4 is 0 Å². The topological polar surface area (TPSA) is 44.1 Å². The molecule has 4 heteroatoms. The highest BCUT2D eigenvalue weighted by atomic mass is 16.5. The van der Waals surface area contributed by atoms with Crippen molar-refractivity contribution in [2.24, 2.45) is 13.0 Å². The van der Waals surface area contributed by atoms with Gasteiger partial charge in [-0.15, -0.1) is 0 Å². The number of methoxy groups -OCH3 is 1. The van der Waals surface area contributed by atoms with Crippen molar-refractivity contribution in [3.05, 3.63) is 18.0 Å². The molecule has 1 aromatic rings. The van der Waals surface area contributed by atoms with Gasteiger partial charge < -0.3 is 4.74 Å². The van der Waals surface area contributed by atoms with Crippen molar-refractivity contribution in [2.75, 3.05) is 7.11 Å². The van der Waals surface area contributed by atoms with Crippen molar-refractivity contribution in [1.82, 2.24) is 9.78 Å². The number of carbonyl (C=O) groups is 1. The SMILES string of the molecule is COC1(C(=O)CCc2cnn(C)c2)CCC(C)CC1. The molecule has 0 spiro atoms. The first kappa shape index (κ1) is 14.3. The highest BCUT2D eigenvalue weighted by Crippen LogP contribution is 2.35. The van der Waals surface area contributed by atoms with Gasteiger partial charge in [0.05, 0.1) is 6.20 Å². The van der Waals surface area contributed by atoms with Crippen LogP contribution in [0.15, 0.2) is 12.4 Å². The fourth-order valence-electron chi connectivity index (χ4n) is 2.91. The molecule has 0 saturated heterocycles. The van der Waals surface area contributed by atoms with Crippen molar-refractivity contribution in [3.8, 4) is 0 Å². The molecule has 0 bridgehead atoms. The second kappa shape index (κ2) is 5.87. The molecule has 1 heterocycles. The van der Waals surface area contributed by atoms with Crippen LogP contribution in [-0.2, 0) is 23.0 Å². The summed E-state index contributed by atoms with van der Waals surface area (Å²) >= 11 is 0. The van der Waals surface area contributed by atoms with Crippen molar-refractivity contribution < 1.29 is 9.53 Å². The van der Waals surface area contributed by atoms with Crippen molar-refractivity contribution >= 4 is 5.78 Å². The lowest BCUT2D eigenvalue weighted by molar-refractivity contribution is -0.146. The highest BCUT2D eigenvalue weighted by molar-refractivity contribution is 5.87. The summed E-state index contributed by atoms with van der Waals surface area (Å²) in [4.78, 5) is 12.5. The number of ketones is 1. The van der Waals surface area contributed by atoms with Gasteiger partial charge in [-0.2, -0.15) is 5.10 Å². The molecule has 2 rings (SSSR count). The predicted molar refractivity (Wildman–Crippen MR) is 73.9 cm³/mol. The maximum Gasteiger partial charge on any atom is 0.164 e. The Balaban J connectivity index is 1.93. The number of nitrogens with zero attached hydrogens (tertiary/aromatic N) is 2. The average molecular weight is 264 g/mol. The molecule has 4 nitrogen and oxygen atoms in total. The van der Waals surface area contributed by atoms with Gasteiger partial charge in [-0.1, -0.05) is 6.92 Å². The third-order valence-electron chi connectivity index (χ3n) is 4.38. The Morgan fingerprint density at radius 3 is 2.74 bits per heavy atom. The first-order valence-electron chi connectivity index (χ1n) is 7.12. The van der Waals surface area contributed by atoms with E-state index in [1.165, 1.54) is 0 Å². The smallest absolute Gasteiger partial charge is 0.164 e. The number of Topliss-reactive ketones (excluding diaryl/α,β-unsaturated/α-hetero) is 1. The number of rotatable bonds is 5. The quantitative estimate of drug-likeness (QED) is 0.821. The molecule has 0 aromatic carbocycles. The summed E-state index contributed by atoms with van der Waals surface area (Å²) in [6.45, 7) is 2.25. The number of carbonyl (C=O) groups excluding carboxylic acids is 1. The van der Waals surface area contributed by atoms with Crippen LogP contribution in [0, 0.1) is 5.92 Å². The van der Waals surface area contributed by atoms with Gasteiger partial charge in [0.25, 0.3) is 0 Å². The molecular formula is C15H24N2O2. The molecule has 19 heavy (non-hydrogen) atoms. The van der Waals surface area contributed by atoms with Crippen LogP contribution in [0.1, 0.15) is 44.6 Å². The molecule has 0 radical (unpaired) electrons. The zero-order valence-electron chi connectivity index (χ0n) is 12.2. The van der Waals surface area contributed by atoms with Crippen LogP contribution in [0.5, 0.6) is 0 Å². The first-order valence-corrected chi connectivity index (χ1v) is 7.12. The standard InChI is InChI=1S/C15H24N2O2/c1-12-6-8-15(19-3,9-7-12)14(18)5-4-13-10-16-17(2)11-13/h10-12H,4-9H2,1-3H3. The predicted octanol–water partition coefficient (Wildman–Crippen LogP) is 2.52. The summed E-state index contributed by atoms with van der Waals surface area (Å²) < 4.78 is 7.38. The van der Waals surface area contributed by atoms with Crippen molar-refractivity contribution in [2.45, 2.75) is 51.0 Å². The van der Waals surface area contributed by atoms with Crippen LogP contribution in [0.2, 0.25) is 0 Å². The number of hydrogen-bond acceptors (Lipinski definition) is 3. The fourth-order valence-corrected chi connectivity index (χ4v) is 2.91. The Kier molecular flexibility index (Phi) is 4.40. The lowest BCUT2D eigenvalue weighted by Crippen LogP contribution is -2.44. The Morgan fingerprint density at radius 2 is 2.21 bits per heavy atom. The van der Waals surface area contributed by atoms with Gasteiger partial charge in [-0.3, -0.25) is 9.48 Å². The first-order chi connectivity index (χ1) is 9.05. The zero-order valence-corrected chi connectivity index (χ0v) is 12.2. The molecule has 0 atom stereocenters. The molecule has 1 aliphatic carbocycles. The van der Waals surface area contributed by atoms with E-state index in [1.807, 2.05) is 19.4 Å². The lowest BCUT2D eigenvalue weighted by Gasteiger charge is -2.37. The van der Waals surface area contributed by atoms with Gasteiger partial charge in [0, 0.05) is 26.8 Å². The lowest BCUT2D eigenvalue weighted by atomic mass is 9.76. The normalized spacial score (nSPS) is 27.4. The van der Waals surface area contributed by atoms with Crippen LogP contribution in [0.25, 0.3) is 0 Å². The van der Waals surface area contributed by atoms with E-state index in [4.69, 9.17) is 4.74 Å². The highest BCUT2D eigenvalue weighted by Gasteiger charge is 2.40. The second-order valence-electron chi connectivity index (χ2n) is 5.83. The monoisotopic (exact) mass is 264 g/mol. The van der Waals surface area contributed by atoms with E-state index in [0.29, 0.717) is 6.42 Å². The van der Waals surface area contributed by atoms with E-state index in [-0.39, 0.29) is 5.78 Å². The van der Waals surface area contributed by atoms with Gasteiger partial charge >= 0.3 is 0 Å². The summed E-state index contributed by atoms with van der Waals surface area (Å²) in [5.74, 6) is 0.972. The number of aryl methyl sites for hydroxylation is 2. The molecule has 1 aliphatic rings. The van der Waals surface area contributed by atoms with E-state index in [0.717, 1.165) is 43.6 Å². The minimum absolute atomic E-state index is 0.255. The van der Waals surface area contributed by atoms with Gasteiger partial charge in [0.2, 0.25) is 0 Å². The third-order valence-corrected chi connectivity index (χ3v) is 4.38. The molecule has 106 valence electrons. The zero-order chi connectivity index (χ0) is 13.9. The van der Waals surface area contributed by atoms with E-state index < -0.39 is 5.60 Å². The molecule has 1 aromatic heterocycles. The number of aromatic nitrogens is 2. The van der Waals surface area contributed by atoms with Gasteiger partial charge in [0.15, 0.2) is 5.78 Å². The maximum absolute atomic E-state index is 12.5. The molecule has 0 unspecified atom stereocenters. The second-order valence-corrected chi connectivity index (χ2v) is 5.83. The number of hydrogen-bond donors (Lipinski definition) is 0. The Labute approximate surface area is 115 Å². The molecule has 1 fully saturated rings. The molecule has 1 saturated carbocycles. The van der Waals surface area contributed by atoms with Crippen LogP contribution >= 0.6 is 0 Å². The summed E-state index contributed by atoms with van der Waals surface area (Å²) in [5.41, 5.74) is 0.598. The minimum Gasteiger partial charge on any atom is -0.370 e. The largest absolute Gasteiger partial charge is 0.370 e. The molecule has 0 N–H and O–H groups in total. The van der Waals surface area contributed by atoms with Crippen LogP contribution in [0.3, 0.4) is 0 Å². The van der Waals surface area contributed by atoms with E-state index >= 15 is 0 Å². The third kappa shape index (κ3) is 3.24. The van der Waals surface area contributed by atoms with Crippen LogP contribution in [0.4, 0.5) is 0 Å². The van der Waals surface area contributed by atoms with Crippen molar-refractivity contribution in [1.29, 1.82) is 0 Å². The van der Waals surface area contributed by atoms with E-state index in [1.54, 1.807) is 11.8 Å². The summed E-state index contributed by atoms with van der Waals surface area (Å²) in [5, 5.41) is 4.13. The molecule has 0 amide bonds. The average Bonchev–Trinajstić information content (AvgIpc) is 2.83. The maximum atomic E-state index is 12.5. The molecule has 0 aliphatic heterocycles. The summed E-state index contributed by atoms with van der Waals surface area (Å²) in [6, 6.07) is 0. The van der Waals surface area contributed by atoms with Gasteiger partial charge in [-0.05, 0) is 43.6 Å². The van der Waals surface area contributed by atoms with Crippen LogP contribution in [-0.4, -0.2) is 28.3 Å². The minimum atomic E-state index is -0.519. The van der Waals surface area contributed by atoms with E-state index in [9.17, 15) is 4.79 Å².